The van der Waals surface area contributed by atoms with Crippen LogP contribution in [0.1, 0.15) is 18.9 Å². The first-order valence-corrected chi connectivity index (χ1v) is 9.39. The van der Waals surface area contributed by atoms with Gasteiger partial charge in [-0.25, -0.2) is 0 Å². The molecule has 0 aliphatic carbocycles. The van der Waals surface area contributed by atoms with Crippen molar-refractivity contribution in [3.8, 4) is 0 Å². The van der Waals surface area contributed by atoms with Crippen molar-refractivity contribution in [3.63, 3.8) is 0 Å². The molecule has 0 aromatic heterocycles. The maximum absolute atomic E-state index is 12.4. The number of halogens is 1. The molecule has 2 atom stereocenters. The van der Waals surface area contributed by atoms with Crippen LogP contribution in [0.2, 0.25) is 0 Å². The van der Waals surface area contributed by atoms with Gasteiger partial charge in [-0.15, -0.1) is 0 Å². The lowest BCUT2D eigenvalue weighted by Gasteiger charge is -2.45. The Balaban J connectivity index is 1.73. The van der Waals surface area contributed by atoms with E-state index in [1.54, 1.807) is 0 Å². The Morgan fingerprint density at radius 3 is 2.52 bits per heavy atom. The fourth-order valence-corrected chi connectivity index (χ4v) is 3.87. The highest BCUT2D eigenvalue weighted by Crippen LogP contribution is 2.32. The van der Waals surface area contributed by atoms with Crippen LogP contribution in [0.25, 0.3) is 0 Å². The lowest BCUT2D eigenvalue weighted by molar-refractivity contribution is -0.125. The number of hydrogen-bond donors (Lipinski definition) is 2. The summed E-state index contributed by atoms with van der Waals surface area (Å²) in [6.07, 6.45) is 0.701. The minimum atomic E-state index is -0.707. The van der Waals surface area contributed by atoms with Crippen LogP contribution < -0.4 is 11.1 Å². The Kier molecular flexibility index (Phi) is 5.45. The first kappa shape index (κ1) is 18.0. The van der Waals surface area contributed by atoms with Crippen LogP contribution in [0, 0.1) is 5.92 Å². The largest absolute Gasteiger partial charge is 0.371 e. The summed E-state index contributed by atoms with van der Waals surface area (Å²) in [5.41, 5.74) is 7.35. The molecule has 1 aliphatic heterocycles. The van der Waals surface area contributed by atoms with E-state index in [4.69, 9.17) is 5.73 Å². The van der Waals surface area contributed by atoms with Crippen LogP contribution in [0.4, 0.5) is 5.69 Å². The number of primary amides is 1. The zero-order chi connectivity index (χ0) is 17.9. The van der Waals surface area contributed by atoms with E-state index in [2.05, 4.69) is 57.3 Å². The number of piperidine rings is 1. The van der Waals surface area contributed by atoms with E-state index >= 15 is 0 Å². The zero-order valence-corrected chi connectivity index (χ0v) is 16.0. The van der Waals surface area contributed by atoms with Crippen molar-refractivity contribution in [2.24, 2.45) is 11.7 Å². The first-order chi connectivity index (χ1) is 12.0. The minimum absolute atomic E-state index is 0.117. The number of likely N-dealkylation sites (tertiary alicyclic amines) is 1. The second kappa shape index (κ2) is 7.58. The van der Waals surface area contributed by atoms with Gasteiger partial charge in [-0.2, -0.15) is 0 Å². The maximum atomic E-state index is 12.4. The maximum Gasteiger partial charge on any atom is 0.243 e. The molecular weight excluding hydrogens is 378 g/mol. The lowest BCUT2D eigenvalue weighted by atomic mass is 9.77. The van der Waals surface area contributed by atoms with Crippen molar-refractivity contribution in [1.29, 1.82) is 0 Å². The number of nitrogens with two attached hydrogens (primary N) is 1. The molecule has 4 nitrogen and oxygen atoms in total. The summed E-state index contributed by atoms with van der Waals surface area (Å²) < 4.78 is 1.01. The SMILES string of the molecule is C[C@H]1CN(Cc2ccccc2)CC[C@@]1(Nc1ccc(Br)cc1)C(N)=O. The quantitative estimate of drug-likeness (QED) is 0.803. The number of amides is 1. The van der Waals surface area contributed by atoms with Crippen LogP contribution in [-0.4, -0.2) is 29.4 Å². The Morgan fingerprint density at radius 1 is 1.24 bits per heavy atom. The molecule has 0 bridgehead atoms. The van der Waals surface area contributed by atoms with Gasteiger partial charge in [0.05, 0.1) is 0 Å². The molecule has 2 aromatic rings. The third kappa shape index (κ3) is 4.05. The summed E-state index contributed by atoms with van der Waals surface area (Å²) in [6.45, 7) is 4.68. The highest BCUT2D eigenvalue weighted by atomic mass is 79.9. The van der Waals surface area contributed by atoms with Gasteiger partial charge in [0, 0.05) is 35.7 Å². The predicted octanol–water partition coefficient (Wildman–Crippen LogP) is 3.63. The summed E-state index contributed by atoms with van der Waals surface area (Å²) in [6, 6.07) is 18.3. The molecule has 1 amide bonds. The Bertz CT molecular complexity index is 719. The number of nitrogens with one attached hydrogen (secondary N) is 1. The average molecular weight is 402 g/mol. The standard InChI is InChI=1S/C20H24BrN3O/c1-15-13-24(14-16-5-3-2-4-6-16)12-11-20(15,19(22)25)23-18-9-7-17(21)8-10-18/h2-10,15,23H,11-14H2,1H3,(H2,22,25)/t15-,20-/m0/s1. The minimum Gasteiger partial charge on any atom is -0.371 e. The van der Waals surface area contributed by atoms with E-state index in [0.717, 1.165) is 29.8 Å². The summed E-state index contributed by atoms with van der Waals surface area (Å²) in [7, 11) is 0. The molecule has 132 valence electrons. The van der Waals surface area contributed by atoms with Gasteiger partial charge in [0.1, 0.15) is 5.54 Å². The van der Waals surface area contributed by atoms with Crippen LogP contribution in [0.15, 0.2) is 59.1 Å². The molecule has 3 rings (SSSR count). The summed E-state index contributed by atoms with van der Waals surface area (Å²) in [5, 5.41) is 3.43. The topological polar surface area (TPSA) is 58.4 Å². The van der Waals surface area contributed by atoms with Gasteiger partial charge >= 0.3 is 0 Å². The molecule has 1 fully saturated rings. The molecule has 25 heavy (non-hydrogen) atoms. The molecule has 0 saturated carbocycles. The van der Waals surface area contributed by atoms with Crippen molar-refractivity contribution in [3.05, 3.63) is 64.6 Å². The van der Waals surface area contributed by atoms with Crippen LogP contribution >= 0.6 is 15.9 Å². The number of rotatable bonds is 5. The van der Waals surface area contributed by atoms with Gasteiger partial charge in [-0.3, -0.25) is 9.69 Å². The van der Waals surface area contributed by atoms with Gasteiger partial charge in [-0.1, -0.05) is 53.2 Å². The number of anilines is 1. The van der Waals surface area contributed by atoms with Gasteiger partial charge in [0.15, 0.2) is 0 Å². The van der Waals surface area contributed by atoms with Crippen molar-refractivity contribution in [2.45, 2.75) is 25.4 Å². The summed E-state index contributed by atoms with van der Waals surface area (Å²) >= 11 is 3.44. The molecular formula is C20H24BrN3O. The Morgan fingerprint density at radius 2 is 1.92 bits per heavy atom. The molecule has 2 aromatic carbocycles. The Hall–Kier alpha value is -1.85. The van der Waals surface area contributed by atoms with E-state index < -0.39 is 5.54 Å². The summed E-state index contributed by atoms with van der Waals surface area (Å²) in [4.78, 5) is 14.7. The van der Waals surface area contributed by atoms with E-state index in [0.29, 0.717) is 6.42 Å². The third-order valence-electron chi connectivity index (χ3n) is 5.10. The monoisotopic (exact) mass is 401 g/mol. The van der Waals surface area contributed by atoms with Crippen molar-refractivity contribution in [2.75, 3.05) is 18.4 Å². The average Bonchev–Trinajstić information content (AvgIpc) is 2.60. The number of carbonyl (C=O) groups is 1. The summed E-state index contributed by atoms with van der Waals surface area (Å²) in [5.74, 6) is -0.159. The second-order valence-electron chi connectivity index (χ2n) is 6.84. The fraction of sp³-hybridized carbons (Fsp3) is 0.350. The van der Waals surface area contributed by atoms with E-state index in [9.17, 15) is 4.79 Å². The first-order valence-electron chi connectivity index (χ1n) is 8.59. The Labute approximate surface area is 157 Å². The number of benzene rings is 2. The molecule has 1 aliphatic rings. The molecule has 1 saturated heterocycles. The molecule has 5 heteroatoms. The molecule has 1 heterocycles. The highest BCUT2D eigenvalue weighted by molar-refractivity contribution is 9.10. The molecule has 0 spiro atoms. The van der Waals surface area contributed by atoms with E-state index in [1.807, 2.05) is 30.3 Å². The van der Waals surface area contributed by atoms with Gasteiger partial charge in [-0.05, 0) is 36.2 Å². The normalized spacial score (nSPS) is 24.0. The zero-order valence-electron chi connectivity index (χ0n) is 14.4. The predicted molar refractivity (Wildman–Crippen MR) is 105 cm³/mol. The van der Waals surface area contributed by atoms with Gasteiger partial charge < -0.3 is 11.1 Å². The molecule has 0 radical (unpaired) electrons. The molecule has 3 N–H and O–H groups in total. The second-order valence-corrected chi connectivity index (χ2v) is 7.75. The highest BCUT2D eigenvalue weighted by Gasteiger charge is 2.45. The van der Waals surface area contributed by atoms with Gasteiger partial charge in [0.25, 0.3) is 0 Å². The number of nitrogens with zero attached hydrogens (tertiary/aromatic N) is 1. The number of carbonyl (C=O) groups excluding carboxylic acids is 1. The van der Waals surface area contributed by atoms with Crippen molar-refractivity contribution < 1.29 is 4.79 Å². The molecule has 0 unspecified atom stereocenters. The third-order valence-corrected chi connectivity index (χ3v) is 5.62. The lowest BCUT2D eigenvalue weighted by Crippen LogP contribution is -2.62. The van der Waals surface area contributed by atoms with Gasteiger partial charge in [0.2, 0.25) is 5.91 Å². The van der Waals surface area contributed by atoms with Crippen LogP contribution in [-0.2, 0) is 11.3 Å². The fourth-order valence-electron chi connectivity index (χ4n) is 3.60. The van der Waals surface area contributed by atoms with Crippen molar-refractivity contribution >= 4 is 27.5 Å². The smallest absolute Gasteiger partial charge is 0.243 e. The van der Waals surface area contributed by atoms with Crippen LogP contribution in [0.5, 0.6) is 0 Å². The van der Waals surface area contributed by atoms with Crippen molar-refractivity contribution in [1.82, 2.24) is 4.90 Å². The van der Waals surface area contributed by atoms with E-state index in [1.165, 1.54) is 5.56 Å². The van der Waals surface area contributed by atoms with E-state index in [-0.39, 0.29) is 11.8 Å². The van der Waals surface area contributed by atoms with Crippen LogP contribution in [0.3, 0.4) is 0 Å². The number of hydrogen-bond acceptors (Lipinski definition) is 3.